The second-order valence-corrected chi connectivity index (χ2v) is 21.1. The molecule has 0 bridgehead atoms. The molecule has 0 radical (unpaired) electrons. The highest BCUT2D eigenvalue weighted by Crippen LogP contribution is 2.15. The second kappa shape index (κ2) is 37.6. The number of unbranched alkanes of at least 4 members (excludes halogenated alkanes) is 8. The Hall–Kier alpha value is -6.20. The third-order valence-corrected chi connectivity index (χ3v) is 14.9. The van der Waals surface area contributed by atoms with Crippen molar-refractivity contribution in [3.63, 3.8) is 0 Å². The van der Waals surface area contributed by atoms with Gasteiger partial charge < -0.3 is 59.6 Å². The first kappa shape index (κ1) is 62.6. The summed E-state index contributed by atoms with van der Waals surface area (Å²) in [4.78, 5) is 65.1. The molecule has 0 aliphatic carbocycles. The summed E-state index contributed by atoms with van der Waals surface area (Å²) in [5.74, 6) is 0. The third kappa shape index (κ3) is 26.4. The van der Waals surface area contributed by atoms with Crippen LogP contribution in [0.25, 0.3) is 0 Å². The topological polar surface area (TPSA) is 175 Å². The average molecular weight is 1080 g/mol. The molecule has 0 unspecified atom stereocenters. The lowest BCUT2D eigenvalue weighted by atomic mass is 10.1. The van der Waals surface area contributed by atoms with Crippen LogP contribution in [0.5, 0.6) is 0 Å². The first-order valence-electron chi connectivity index (χ1n) is 29.0. The van der Waals surface area contributed by atoms with Gasteiger partial charge in [-0.05, 0) is 139 Å². The second-order valence-electron chi connectivity index (χ2n) is 21.1. The number of benzene rings is 4. The number of hydrogen-bond donors (Lipinski definition) is 4. The molecule has 4 aromatic carbocycles. The van der Waals surface area contributed by atoms with Gasteiger partial charge in [0.15, 0.2) is 0 Å². The molecule has 4 N–H and O–H groups in total. The molecule has 0 atom stereocenters. The largest absolute Gasteiger partial charge is 0.465 e. The number of nitrogens with zero attached hydrogens (tertiary/aromatic N) is 8. The first-order chi connectivity index (χ1) is 38.0. The summed E-state index contributed by atoms with van der Waals surface area (Å²) in [5.41, 5.74) is 3.95. The van der Waals surface area contributed by atoms with Crippen molar-refractivity contribution in [1.82, 2.24) is 39.2 Å². The van der Waals surface area contributed by atoms with Crippen molar-refractivity contribution in [3.05, 3.63) is 144 Å². The van der Waals surface area contributed by atoms with E-state index in [2.05, 4.69) is 19.6 Å². The average Bonchev–Trinajstić information content (AvgIpc) is 3.44. The Balaban J connectivity index is 1.20. The lowest BCUT2D eigenvalue weighted by Crippen LogP contribution is -2.42. The van der Waals surface area contributed by atoms with E-state index in [1.54, 1.807) is 0 Å². The summed E-state index contributed by atoms with van der Waals surface area (Å²) in [7, 11) is 0. The van der Waals surface area contributed by atoms with Gasteiger partial charge in [0.25, 0.3) is 0 Å². The summed E-state index contributed by atoms with van der Waals surface area (Å²) in [6, 6.07) is 39.1. The van der Waals surface area contributed by atoms with Crippen molar-refractivity contribution in [2.45, 2.75) is 116 Å². The Morgan fingerprint density at radius 1 is 0.295 bits per heavy atom. The highest BCUT2D eigenvalue weighted by Gasteiger charge is 2.19. The van der Waals surface area contributed by atoms with Crippen LogP contribution in [0.4, 0.5) is 19.2 Å². The van der Waals surface area contributed by atoms with E-state index in [4.69, 9.17) is 0 Å². The van der Waals surface area contributed by atoms with Crippen LogP contribution in [-0.2, 0) is 26.2 Å². The Labute approximate surface area is 465 Å². The fraction of sp³-hybridized carbons (Fsp3) is 0.548. The summed E-state index contributed by atoms with van der Waals surface area (Å²) in [6.07, 6.45) is 9.38. The van der Waals surface area contributed by atoms with E-state index < -0.39 is 24.4 Å². The zero-order chi connectivity index (χ0) is 55.4. The quantitative estimate of drug-likeness (QED) is 0.0341. The molecule has 16 nitrogen and oxygen atoms in total. The molecule has 4 amide bonds. The number of carboxylic acid groups (broad SMARTS) is 4. The molecule has 16 heteroatoms. The fourth-order valence-corrected chi connectivity index (χ4v) is 10.4. The van der Waals surface area contributed by atoms with Gasteiger partial charge in [0.05, 0.1) is 0 Å². The molecule has 0 saturated carbocycles. The standard InChI is InChI=1S/C62H92N8O8/c71-59(72)67(51-55-27-9-1-10-28-55)43-21-5-17-35-63-39-25-40-65(37-19-7-23-45-69(61(75)76)53-57-31-13-3-14-32-57)49-50-66(38-20-8-24-46-70(62(77)78)54-58-33-15-4-16-34-58)42-26-41-64(48-47-63)36-18-6-22-44-68(60(73)74)52-56-29-11-2-12-30-56/h1-4,9-16,27-34H,5-8,17-26,35-54H2,(H,71,72)(H,73,74)(H,75,76)(H,77,78). The lowest BCUT2D eigenvalue weighted by Gasteiger charge is -2.32. The maximum atomic E-state index is 12.2. The van der Waals surface area contributed by atoms with Crippen molar-refractivity contribution in [2.75, 3.05) is 105 Å². The number of amides is 4. The van der Waals surface area contributed by atoms with E-state index in [1.807, 2.05) is 121 Å². The molecular weight excluding hydrogens is 985 g/mol. The van der Waals surface area contributed by atoms with E-state index in [-0.39, 0.29) is 0 Å². The molecule has 0 aromatic heterocycles. The molecule has 428 valence electrons. The maximum absolute atomic E-state index is 12.2. The summed E-state index contributed by atoms with van der Waals surface area (Å²) >= 11 is 0. The number of carbonyl (C=O) groups is 4. The van der Waals surface area contributed by atoms with Gasteiger partial charge >= 0.3 is 24.4 Å². The van der Waals surface area contributed by atoms with Crippen LogP contribution in [0.15, 0.2) is 121 Å². The molecule has 5 rings (SSSR count). The van der Waals surface area contributed by atoms with Crippen LogP contribution < -0.4 is 0 Å². The van der Waals surface area contributed by atoms with E-state index in [1.165, 1.54) is 19.6 Å². The third-order valence-electron chi connectivity index (χ3n) is 14.9. The molecular formula is C62H92N8O8. The molecule has 1 fully saturated rings. The van der Waals surface area contributed by atoms with Crippen molar-refractivity contribution < 1.29 is 39.6 Å². The van der Waals surface area contributed by atoms with Crippen molar-refractivity contribution in [2.24, 2.45) is 0 Å². The molecule has 1 aliphatic rings. The summed E-state index contributed by atoms with van der Waals surface area (Å²) < 4.78 is 0. The normalized spacial score (nSPS) is 14.6. The fourth-order valence-electron chi connectivity index (χ4n) is 10.4. The Morgan fingerprint density at radius 3 is 0.692 bits per heavy atom. The van der Waals surface area contributed by atoms with Crippen molar-refractivity contribution in [3.8, 4) is 0 Å². The SMILES string of the molecule is O=C(O)N(CCCCCN1CCCN(CCCCCN(Cc2ccccc2)C(=O)O)CCN(CCCCCN(Cc2ccccc2)C(=O)O)CCCN(CCCCCN(Cc2ccccc2)C(=O)O)CC1)Cc1ccccc1. The van der Waals surface area contributed by atoms with E-state index >= 15 is 0 Å². The van der Waals surface area contributed by atoms with Crippen LogP contribution in [0.3, 0.4) is 0 Å². The van der Waals surface area contributed by atoms with Gasteiger partial charge in [-0.2, -0.15) is 0 Å². The van der Waals surface area contributed by atoms with Gasteiger partial charge in [0, 0.05) is 78.5 Å². The molecule has 4 aromatic rings. The van der Waals surface area contributed by atoms with Gasteiger partial charge in [-0.3, -0.25) is 0 Å². The van der Waals surface area contributed by atoms with E-state index in [9.17, 15) is 39.6 Å². The zero-order valence-corrected chi connectivity index (χ0v) is 46.6. The van der Waals surface area contributed by atoms with Gasteiger partial charge in [-0.25, -0.2) is 19.2 Å². The minimum Gasteiger partial charge on any atom is -0.465 e. The summed E-state index contributed by atoms with van der Waals surface area (Å²) in [6.45, 7) is 14.9. The predicted octanol–water partition coefficient (Wildman–Crippen LogP) is 11.4. The van der Waals surface area contributed by atoms with Crippen LogP contribution >= 0.6 is 0 Å². The highest BCUT2D eigenvalue weighted by molar-refractivity contribution is 5.66. The maximum Gasteiger partial charge on any atom is 0.407 e. The number of rotatable bonds is 32. The van der Waals surface area contributed by atoms with Crippen LogP contribution in [0, 0.1) is 0 Å². The summed E-state index contributed by atoms with van der Waals surface area (Å²) in [5, 5.41) is 39.9. The molecule has 1 saturated heterocycles. The molecule has 1 heterocycles. The predicted molar refractivity (Wildman–Crippen MR) is 310 cm³/mol. The minimum absolute atomic E-state index is 0.385. The smallest absolute Gasteiger partial charge is 0.407 e. The number of hydrogen-bond acceptors (Lipinski definition) is 8. The van der Waals surface area contributed by atoms with Gasteiger partial charge in [0.2, 0.25) is 0 Å². The minimum atomic E-state index is -0.891. The van der Waals surface area contributed by atoms with E-state index in [0.29, 0.717) is 52.4 Å². The molecule has 0 spiro atoms. The van der Waals surface area contributed by atoms with Crippen LogP contribution in [-0.4, -0.2) is 189 Å². The van der Waals surface area contributed by atoms with Crippen LogP contribution in [0.1, 0.15) is 112 Å². The molecule has 1 aliphatic heterocycles. The Bertz CT molecular complexity index is 1920. The van der Waals surface area contributed by atoms with Crippen molar-refractivity contribution in [1.29, 1.82) is 0 Å². The molecule has 78 heavy (non-hydrogen) atoms. The Kier molecular flexibility index (Phi) is 30.2. The van der Waals surface area contributed by atoms with Gasteiger partial charge in [-0.1, -0.05) is 147 Å². The van der Waals surface area contributed by atoms with Crippen molar-refractivity contribution >= 4 is 24.4 Å². The zero-order valence-electron chi connectivity index (χ0n) is 46.6. The lowest BCUT2D eigenvalue weighted by molar-refractivity contribution is 0.137. The van der Waals surface area contributed by atoms with Gasteiger partial charge in [0.1, 0.15) is 0 Å². The highest BCUT2D eigenvalue weighted by atomic mass is 16.4. The van der Waals surface area contributed by atoms with E-state index in [0.717, 1.165) is 191 Å². The Morgan fingerprint density at radius 2 is 0.500 bits per heavy atom. The van der Waals surface area contributed by atoms with Gasteiger partial charge in [-0.15, -0.1) is 0 Å². The monoisotopic (exact) mass is 1080 g/mol. The first-order valence-corrected chi connectivity index (χ1v) is 29.0. The van der Waals surface area contributed by atoms with Crippen LogP contribution in [0.2, 0.25) is 0 Å².